The number of rotatable bonds is 5. The summed E-state index contributed by atoms with van der Waals surface area (Å²) in [4.78, 5) is 25.0. The van der Waals surface area contributed by atoms with Crippen LogP contribution in [-0.4, -0.2) is 35.4 Å². The summed E-state index contributed by atoms with van der Waals surface area (Å²) in [6, 6.07) is 12.4. The van der Waals surface area contributed by atoms with Crippen molar-refractivity contribution in [2.24, 2.45) is 0 Å². The van der Waals surface area contributed by atoms with Crippen LogP contribution in [-0.2, 0) is 17.8 Å². The Hall–Kier alpha value is -3.32. The van der Waals surface area contributed by atoms with Gasteiger partial charge in [0, 0.05) is 29.2 Å². The van der Waals surface area contributed by atoms with Crippen molar-refractivity contribution in [3.05, 3.63) is 64.6 Å². The van der Waals surface area contributed by atoms with Gasteiger partial charge in [-0.2, -0.15) is 0 Å². The molecule has 1 amide bonds. The van der Waals surface area contributed by atoms with Gasteiger partial charge in [0.05, 0.1) is 13.0 Å². The number of carbonyl (C=O) groups excluding carboxylic acids is 1. The lowest BCUT2D eigenvalue weighted by Crippen LogP contribution is -2.22. The van der Waals surface area contributed by atoms with Crippen molar-refractivity contribution in [1.29, 1.82) is 0 Å². The van der Waals surface area contributed by atoms with E-state index in [1.54, 1.807) is 36.5 Å². The molecular weight excluding hydrogens is 360 g/mol. The summed E-state index contributed by atoms with van der Waals surface area (Å²) in [7, 11) is 0. The summed E-state index contributed by atoms with van der Waals surface area (Å²) in [6.45, 7) is 1.13. The summed E-state index contributed by atoms with van der Waals surface area (Å²) in [5, 5.41) is 13.1. The number of amides is 1. The molecule has 2 N–H and O–H groups in total. The standard InChI is InChI=1S/C21H20N2O5/c24-9-8-23-7-6-15-16(21(23)26)2-1-3-17(15)22-20(25)13-14-4-5-18-19(12-14)28-11-10-27-18/h1-7,12,24H,8-11,13H2,(H,22,25). The highest BCUT2D eigenvalue weighted by Gasteiger charge is 2.14. The van der Waals surface area contributed by atoms with E-state index in [1.807, 2.05) is 12.1 Å². The zero-order valence-electron chi connectivity index (χ0n) is 15.2. The lowest BCUT2D eigenvalue weighted by molar-refractivity contribution is -0.115. The average molecular weight is 380 g/mol. The third-order valence-electron chi connectivity index (χ3n) is 4.60. The van der Waals surface area contributed by atoms with Crippen molar-refractivity contribution in [3.63, 3.8) is 0 Å². The number of pyridine rings is 1. The second kappa shape index (κ2) is 7.74. The molecule has 0 atom stereocenters. The third-order valence-corrected chi connectivity index (χ3v) is 4.60. The van der Waals surface area contributed by atoms with Gasteiger partial charge in [0.15, 0.2) is 11.5 Å². The van der Waals surface area contributed by atoms with Crippen LogP contribution in [0.3, 0.4) is 0 Å². The van der Waals surface area contributed by atoms with Gasteiger partial charge in [-0.15, -0.1) is 0 Å². The number of anilines is 1. The van der Waals surface area contributed by atoms with Crippen molar-refractivity contribution in [2.45, 2.75) is 13.0 Å². The van der Waals surface area contributed by atoms with E-state index in [0.717, 1.165) is 5.56 Å². The number of fused-ring (bicyclic) bond motifs is 2. The first-order chi connectivity index (χ1) is 13.7. The number of hydrogen-bond acceptors (Lipinski definition) is 5. The second-order valence-corrected chi connectivity index (χ2v) is 6.51. The topological polar surface area (TPSA) is 89.8 Å². The van der Waals surface area contributed by atoms with Crippen LogP contribution >= 0.6 is 0 Å². The van der Waals surface area contributed by atoms with Crippen LogP contribution in [0.15, 0.2) is 53.5 Å². The molecule has 0 fully saturated rings. The third kappa shape index (κ3) is 3.57. The maximum absolute atomic E-state index is 12.5. The van der Waals surface area contributed by atoms with Gasteiger partial charge in [-0.25, -0.2) is 0 Å². The van der Waals surface area contributed by atoms with Gasteiger partial charge in [-0.1, -0.05) is 12.1 Å². The summed E-state index contributed by atoms with van der Waals surface area (Å²) >= 11 is 0. The Kier molecular flexibility index (Phi) is 4.99. The van der Waals surface area contributed by atoms with Gasteiger partial charge in [0.25, 0.3) is 5.56 Å². The predicted octanol–water partition coefficient (Wildman–Crippen LogP) is 1.95. The van der Waals surface area contributed by atoms with E-state index < -0.39 is 0 Å². The molecule has 0 spiro atoms. The molecule has 3 aromatic rings. The van der Waals surface area contributed by atoms with Crippen LogP contribution < -0.4 is 20.3 Å². The zero-order valence-corrected chi connectivity index (χ0v) is 15.2. The Bertz CT molecular complexity index is 1090. The van der Waals surface area contributed by atoms with Crippen LogP contribution in [0.1, 0.15) is 5.56 Å². The highest BCUT2D eigenvalue weighted by Crippen LogP contribution is 2.31. The van der Waals surface area contributed by atoms with E-state index in [9.17, 15) is 9.59 Å². The number of nitrogens with one attached hydrogen (secondary N) is 1. The van der Waals surface area contributed by atoms with Crippen LogP contribution in [0.5, 0.6) is 11.5 Å². The Morgan fingerprint density at radius 3 is 2.71 bits per heavy atom. The lowest BCUT2D eigenvalue weighted by Gasteiger charge is -2.18. The Balaban J connectivity index is 1.55. The molecule has 2 aromatic carbocycles. The van der Waals surface area contributed by atoms with Crippen LogP contribution in [0, 0.1) is 0 Å². The number of hydrogen-bond donors (Lipinski definition) is 2. The lowest BCUT2D eigenvalue weighted by atomic mass is 10.1. The Morgan fingerprint density at radius 2 is 1.89 bits per heavy atom. The summed E-state index contributed by atoms with van der Waals surface area (Å²) in [6.07, 6.45) is 1.80. The van der Waals surface area contributed by atoms with Crippen molar-refractivity contribution in [1.82, 2.24) is 4.57 Å². The van der Waals surface area contributed by atoms with Crippen molar-refractivity contribution >= 4 is 22.4 Å². The van der Waals surface area contributed by atoms with Gasteiger partial charge in [0.2, 0.25) is 5.91 Å². The summed E-state index contributed by atoms with van der Waals surface area (Å²) < 4.78 is 12.5. The fourth-order valence-electron chi connectivity index (χ4n) is 3.29. The van der Waals surface area contributed by atoms with E-state index in [4.69, 9.17) is 14.6 Å². The predicted molar refractivity (Wildman–Crippen MR) is 105 cm³/mol. The molecule has 0 saturated carbocycles. The van der Waals surface area contributed by atoms with Crippen molar-refractivity contribution in [3.8, 4) is 11.5 Å². The molecule has 7 nitrogen and oxygen atoms in total. The number of carbonyl (C=O) groups is 1. The minimum atomic E-state index is -0.200. The normalized spacial score (nSPS) is 12.8. The first kappa shape index (κ1) is 18.1. The maximum atomic E-state index is 12.5. The number of nitrogens with zero attached hydrogens (tertiary/aromatic N) is 1. The molecule has 144 valence electrons. The first-order valence-electron chi connectivity index (χ1n) is 9.07. The molecular formula is C21H20N2O5. The minimum Gasteiger partial charge on any atom is -0.486 e. The monoisotopic (exact) mass is 380 g/mol. The van der Waals surface area contributed by atoms with Crippen LogP contribution in [0.2, 0.25) is 0 Å². The van der Waals surface area contributed by atoms with E-state index in [0.29, 0.717) is 41.2 Å². The molecule has 0 radical (unpaired) electrons. The molecule has 0 bridgehead atoms. The Morgan fingerprint density at radius 1 is 1.07 bits per heavy atom. The number of aliphatic hydroxyl groups excluding tert-OH is 1. The highest BCUT2D eigenvalue weighted by atomic mass is 16.6. The van der Waals surface area contributed by atoms with Crippen molar-refractivity contribution in [2.75, 3.05) is 25.1 Å². The summed E-state index contributed by atoms with van der Waals surface area (Å²) in [5.41, 5.74) is 1.19. The Labute approximate surface area is 161 Å². The molecule has 0 saturated heterocycles. The molecule has 1 aliphatic rings. The molecule has 1 aromatic heterocycles. The number of aliphatic hydroxyl groups is 1. The largest absolute Gasteiger partial charge is 0.486 e. The molecule has 28 heavy (non-hydrogen) atoms. The van der Waals surface area contributed by atoms with Gasteiger partial charge >= 0.3 is 0 Å². The molecule has 2 heterocycles. The zero-order chi connectivity index (χ0) is 19.5. The van der Waals surface area contributed by atoms with Crippen LogP contribution in [0.4, 0.5) is 5.69 Å². The fraction of sp³-hybridized carbons (Fsp3) is 0.238. The number of benzene rings is 2. The van der Waals surface area contributed by atoms with Crippen molar-refractivity contribution < 1.29 is 19.4 Å². The second-order valence-electron chi connectivity index (χ2n) is 6.51. The number of ether oxygens (including phenoxy) is 2. The molecule has 4 rings (SSSR count). The highest BCUT2D eigenvalue weighted by molar-refractivity contribution is 6.02. The molecule has 1 aliphatic heterocycles. The number of aromatic nitrogens is 1. The van der Waals surface area contributed by atoms with Gasteiger partial charge in [-0.3, -0.25) is 9.59 Å². The first-order valence-corrected chi connectivity index (χ1v) is 9.07. The van der Waals surface area contributed by atoms with E-state index >= 15 is 0 Å². The minimum absolute atomic E-state index is 0.114. The fourth-order valence-corrected chi connectivity index (χ4v) is 3.29. The van der Waals surface area contributed by atoms with Gasteiger partial charge in [-0.05, 0) is 35.9 Å². The molecule has 7 heteroatoms. The average Bonchev–Trinajstić information content (AvgIpc) is 2.70. The maximum Gasteiger partial charge on any atom is 0.258 e. The van der Waals surface area contributed by atoms with Gasteiger partial charge < -0.3 is 24.5 Å². The van der Waals surface area contributed by atoms with E-state index in [1.165, 1.54) is 4.57 Å². The SMILES string of the molecule is O=C(Cc1ccc2c(c1)OCCO2)Nc1cccc2c(=O)n(CCO)ccc12. The molecule has 0 unspecified atom stereocenters. The van der Waals surface area contributed by atoms with E-state index in [-0.39, 0.29) is 31.0 Å². The smallest absolute Gasteiger partial charge is 0.258 e. The van der Waals surface area contributed by atoms with Gasteiger partial charge in [0.1, 0.15) is 13.2 Å². The molecule has 0 aliphatic carbocycles. The van der Waals surface area contributed by atoms with Crippen LogP contribution in [0.25, 0.3) is 10.8 Å². The van der Waals surface area contributed by atoms with E-state index in [2.05, 4.69) is 5.32 Å². The summed E-state index contributed by atoms with van der Waals surface area (Å²) in [5.74, 6) is 1.14. The quantitative estimate of drug-likeness (QED) is 0.706.